The molecule has 56 valence electrons. The molecule has 0 atom stereocenters. The first-order chi connectivity index (χ1) is 5.16. The maximum atomic E-state index is 12.9. The Kier molecular flexibility index (Phi) is 2.11. The fraction of sp³-hybridized carbons (Fsp3) is 0.125. The van der Waals surface area contributed by atoms with Gasteiger partial charge in [-0.25, -0.2) is 4.39 Å². The summed E-state index contributed by atoms with van der Waals surface area (Å²) in [7, 11) is 0. The number of halogens is 2. The molecule has 0 saturated carbocycles. The summed E-state index contributed by atoms with van der Waals surface area (Å²) in [4.78, 5) is 0. The van der Waals surface area contributed by atoms with Crippen molar-refractivity contribution in [3.63, 3.8) is 0 Å². The van der Waals surface area contributed by atoms with Gasteiger partial charge in [0.25, 0.3) is 0 Å². The Morgan fingerprint density at radius 3 is 2.73 bits per heavy atom. The molecule has 0 saturated heterocycles. The van der Waals surface area contributed by atoms with Crippen LogP contribution >= 0.6 is 11.6 Å². The van der Waals surface area contributed by atoms with E-state index in [1.54, 1.807) is 19.1 Å². The van der Waals surface area contributed by atoms with Gasteiger partial charge < -0.3 is 0 Å². The number of hydrogen-bond donors (Lipinski definition) is 0. The summed E-state index contributed by atoms with van der Waals surface area (Å²) in [5, 5.41) is 8.42. The lowest BCUT2D eigenvalue weighted by Gasteiger charge is -1.98. The Hall–Kier alpha value is -1.07. The second-order valence-corrected chi connectivity index (χ2v) is 2.55. The number of benzene rings is 1. The Morgan fingerprint density at radius 1 is 1.55 bits per heavy atom. The summed E-state index contributed by atoms with van der Waals surface area (Å²) in [6.07, 6.45) is 0. The molecule has 0 N–H and O–H groups in total. The fourth-order valence-corrected chi connectivity index (χ4v) is 0.897. The minimum absolute atomic E-state index is 0.0133. The zero-order chi connectivity index (χ0) is 8.43. The van der Waals surface area contributed by atoms with Gasteiger partial charge in [-0.3, -0.25) is 0 Å². The molecule has 0 amide bonds. The van der Waals surface area contributed by atoms with E-state index >= 15 is 0 Å². The van der Waals surface area contributed by atoms with Gasteiger partial charge in [-0.05, 0) is 18.6 Å². The van der Waals surface area contributed by atoms with Gasteiger partial charge in [0.2, 0.25) is 0 Å². The van der Waals surface area contributed by atoms with Crippen LogP contribution in [0.3, 0.4) is 0 Å². The van der Waals surface area contributed by atoms with Gasteiger partial charge >= 0.3 is 0 Å². The summed E-state index contributed by atoms with van der Waals surface area (Å²) in [5.41, 5.74) is 0.628. The molecule has 1 aromatic rings. The highest BCUT2D eigenvalue weighted by molar-refractivity contribution is 6.31. The van der Waals surface area contributed by atoms with Crippen LogP contribution in [0.5, 0.6) is 0 Å². The molecule has 0 unspecified atom stereocenters. The van der Waals surface area contributed by atoms with E-state index in [2.05, 4.69) is 0 Å². The van der Waals surface area contributed by atoms with Crippen molar-refractivity contribution >= 4 is 11.6 Å². The van der Waals surface area contributed by atoms with Crippen molar-refractivity contribution in [3.8, 4) is 6.07 Å². The Balaban J connectivity index is 3.40. The maximum absolute atomic E-state index is 12.9. The molecular weight excluding hydrogens is 165 g/mol. The standard InChI is InChI=1S/C8H5ClFN/c1-5-2-3-6(4-11)8(10)7(5)9/h2-3H,1H3. The molecule has 0 spiro atoms. The summed E-state index contributed by atoms with van der Waals surface area (Å²) < 4.78 is 12.9. The molecule has 0 bridgehead atoms. The van der Waals surface area contributed by atoms with E-state index in [-0.39, 0.29) is 10.6 Å². The average Bonchev–Trinajstić information content (AvgIpc) is 2.01. The molecule has 3 heteroatoms. The van der Waals surface area contributed by atoms with Crippen molar-refractivity contribution in [2.75, 3.05) is 0 Å². The third kappa shape index (κ3) is 1.33. The maximum Gasteiger partial charge on any atom is 0.159 e. The number of aryl methyl sites for hydroxylation is 1. The second-order valence-electron chi connectivity index (χ2n) is 2.17. The van der Waals surface area contributed by atoms with Gasteiger partial charge in [-0.1, -0.05) is 17.7 Å². The molecule has 1 aromatic carbocycles. The van der Waals surface area contributed by atoms with Crippen LogP contribution in [0.4, 0.5) is 4.39 Å². The summed E-state index contributed by atoms with van der Waals surface area (Å²) in [6, 6.07) is 4.73. The zero-order valence-corrected chi connectivity index (χ0v) is 6.61. The van der Waals surface area contributed by atoms with E-state index in [0.717, 1.165) is 0 Å². The average molecular weight is 170 g/mol. The fourth-order valence-electron chi connectivity index (χ4n) is 0.732. The molecule has 11 heavy (non-hydrogen) atoms. The molecule has 0 fully saturated rings. The molecule has 0 radical (unpaired) electrons. The van der Waals surface area contributed by atoms with Crippen LogP contribution in [0.15, 0.2) is 12.1 Å². The molecule has 1 nitrogen and oxygen atoms in total. The molecular formula is C8H5ClFN. The number of hydrogen-bond acceptors (Lipinski definition) is 1. The number of rotatable bonds is 0. The Labute approximate surface area is 69.0 Å². The number of nitrogens with zero attached hydrogens (tertiary/aromatic N) is 1. The van der Waals surface area contributed by atoms with Crippen LogP contribution in [0.2, 0.25) is 5.02 Å². The van der Waals surface area contributed by atoms with Crippen molar-refractivity contribution in [3.05, 3.63) is 34.1 Å². The van der Waals surface area contributed by atoms with Crippen molar-refractivity contribution in [2.45, 2.75) is 6.92 Å². The SMILES string of the molecule is Cc1ccc(C#N)c(F)c1Cl. The van der Waals surface area contributed by atoms with Gasteiger partial charge in [0, 0.05) is 0 Å². The summed E-state index contributed by atoms with van der Waals surface area (Å²) in [6.45, 7) is 1.69. The van der Waals surface area contributed by atoms with Crippen LogP contribution in [-0.4, -0.2) is 0 Å². The van der Waals surface area contributed by atoms with Crippen LogP contribution in [0, 0.1) is 24.1 Å². The molecule has 0 aliphatic heterocycles. The predicted molar refractivity (Wildman–Crippen MR) is 40.9 cm³/mol. The van der Waals surface area contributed by atoms with Gasteiger partial charge in [-0.2, -0.15) is 5.26 Å². The molecule has 0 aliphatic carbocycles. The van der Waals surface area contributed by atoms with Gasteiger partial charge in [0.15, 0.2) is 5.82 Å². The van der Waals surface area contributed by atoms with Crippen molar-refractivity contribution in [1.82, 2.24) is 0 Å². The van der Waals surface area contributed by atoms with Crippen LogP contribution in [-0.2, 0) is 0 Å². The predicted octanol–water partition coefficient (Wildman–Crippen LogP) is 2.66. The lowest BCUT2D eigenvalue weighted by atomic mass is 10.1. The smallest absolute Gasteiger partial charge is 0.159 e. The minimum Gasteiger partial charge on any atom is -0.204 e. The molecule has 0 aliphatic rings. The van der Waals surface area contributed by atoms with Crippen molar-refractivity contribution in [1.29, 1.82) is 5.26 Å². The first-order valence-electron chi connectivity index (χ1n) is 3.01. The summed E-state index contributed by atoms with van der Waals surface area (Å²) >= 11 is 5.54. The van der Waals surface area contributed by atoms with E-state index in [0.29, 0.717) is 5.56 Å². The monoisotopic (exact) mass is 169 g/mol. The molecule has 0 aromatic heterocycles. The first kappa shape index (κ1) is 8.03. The Bertz CT molecular complexity index is 328. The van der Waals surface area contributed by atoms with Gasteiger partial charge in [0.1, 0.15) is 6.07 Å². The third-order valence-corrected chi connectivity index (χ3v) is 1.86. The van der Waals surface area contributed by atoms with Crippen molar-refractivity contribution in [2.24, 2.45) is 0 Å². The third-order valence-electron chi connectivity index (χ3n) is 1.40. The van der Waals surface area contributed by atoms with Crippen LogP contribution in [0.25, 0.3) is 0 Å². The van der Waals surface area contributed by atoms with Gasteiger partial charge in [-0.15, -0.1) is 0 Å². The van der Waals surface area contributed by atoms with Crippen LogP contribution in [0.1, 0.15) is 11.1 Å². The molecule has 0 heterocycles. The van der Waals surface area contributed by atoms with E-state index in [4.69, 9.17) is 16.9 Å². The minimum atomic E-state index is -0.630. The highest BCUT2D eigenvalue weighted by atomic mass is 35.5. The normalized spacial score (nSPS) is 9.27. The number of nitriles is 1. The zero-order valence-electron chi connectivity index (χ0n) is 5.86. The van der Waals surface area contributed by atoms with E-state index in [1.807, 2.05) is 0 Å². The quantitative estimate of drug-likeness (QED) is 0.586. The first-order valence-corrected chi connectivity index (χ1v) is 3.39. The summed E-state index contributed by atoms with van der Waals surface area (Å²) in [5.74, 6) is -0.630. The van der Waals surface area contributed by atoms with E-state index in [1.165, 1.54) is 6.07 Å². The van der Waals surface area contributed by atoms with Crippen LogP contribution < -0.4 is 0 Å². The lowest BCUT2D eigenvalue weighted by molar-refractivity contribution is 0.623. The molecule has 1 rings (SSSR count). The second kappa shape index (κ2) is 2.89. The largest absolute Gasteiger partial charge is 0.204 e. The van der Waals surface area contributed by atoms with E-state index < -0.39 is 5.82 Å². The Morgan fingerprint density at radius 2 is 2.18 bits per heavy atom. The van der Waals surface area contributed by atoms with Crippen molar-refractivity contribution < 1.29 is 4.39 Å². The lowest BCUT2D eigenvalue weighted by Crippen LogP contribution is -1.87. The van der Waals surface area contributed by atoms with E-state index in [9.17, 15) is 4.39 Å². The topological polar surface area (TPSA) is 23.8 Å². The highest BCUT2D eigenvalue weighted by Gasteiger charge is 2.07. The van der Waals surface area contributed by atoms with Gasteiger partial charge in [0.05, 0.1) is 10.6 Å². The highest BCUT2D eigenvalue weighted by Crippen LogP contribution is 2.21.